The molecule has 0 amide bonds. The lowest BCUT2D eigenvalue weighted by atomic mass is 10.0. The van der Waals surface area contributed by atoms with E-state index in [4.69, 9.17) is 9.47 Å². The Morgan fingerprint density at radius 3 is 2.53 bits per heavy atom. The second kappa shape index (κ2) is 10.9. The summed E-state index contributed by atoms with van der Waals surface area (Å²) >= 11 is 0. The molecule has 32 heavy (non-hydrogen) atoms. The van der Waals surface area contributed by atoms with Gasteiger partial charge in [-0.25, -0.2) is 9.37 Å². The second-order valence-corrected chi connectivity index (χ2v) is 7.63. The minimum Gasteiger partial charge on any atom is -0.494 e. The smallest absolute Gasteiger partial charge is 0.148 e. The van der Waals surface area contributed by atoms with Crippen LogP contribution in [0.2, 0.25) is 0 Å². The lowest BCUT2D eigenvalue weighted by Gasteiger charge is -2.32. The van der Waals surface area contributed by atoms with E-state index in [2.05, 4.69) is 16.0 Å². The van der Waals surface area contributed by atoms with Crippen LogP contribution in [0.15, 0.2) is 42.5 Å². The van der Waals surface area contributed by atoms with Gasteiger partial charge in [0, 0.05) is 42.8 Å². The average Bonchev–Trinajstić information content (AvgIpc) is 2.82. The van der Waals surface area contributed by atoms with Crippen molar-refractivity contribution in [1.29, 1.82) is 5.26 Å². The minimum absolute atomic E-state index is 0.0479. The molecule has 1 aromatic heterocycles. The molecule has 0 N–H and O–H groups in total. The summed E-state index contributed by atoms with van der Waals surface area (Å²) in [5.41, 5.74) is 3.19. The van der Waals surface area contributed by atoms with Gasteiger partial charge in [0.2, 0.25) is 0 Å². The first-order valence-electron chi connectivity index (χ1n) is 11.1. The number of hydrogen-bond acceptors (Lipinski definition) is 5. The van der Waals surface area contributed by atoms with E-state index in [0.29, 0.717) is 22.4 Å². The topological polar surface area (TPSA) is 58.4 Å². The number of nitriles is 1. The Kier molecular flexibility index (Phi) is 8.02. The largest absolute Gasteiger partial charge is 0.494 e. The molecule has 4 rings (SSSR count). The van der Waals surface area contributed by atoms with E-state index < -0.39 is 0 Å². The van der Waals surface area contributed by atoms with Crippen LogP contribution in [0, 0.1) is 24.1 Å². The van der Waals surface area contributed by atoms with Crippen molar-refractivity contribution < 1.29 is 13.9 Å². The Morgan fingerprint density at radius 2 is 1.84 bits per heavy atom. The summed E-state index contributed by atoms with van der Waals surface area (Å²) in [6, 6.07) is 14.6. The van der Waals surface area contributed by atoms with E-state index in [1.165, 1.54) is 19.2 Å². The number of aryl methyl sites for hydroxylation is 1. The number of ether oxygens (including phenoxy) is 2. The number of pyridine rings is 1. The molecule has 6 heteroatoms. The first-order chi connectivity index (χ1) is 15.6. The fraction of sp³-hybridized carbons (Fsp3) is 0.385. The van der Waals surface area contributed by atoms with Crippen molar-refractivity contribution in [3.05, 3.63) is 65.1 Å². The summed E-state index contributed by atoms with van der Waals surface area (Å²) in [6.45, 7) is 8.41. The summed E-state index contributed by atoms with van der Waals surface area (Å²) < 4.78 is 25.7. The molecule has 1 fully saturated rings. The number of aromatic nitrogens is 1. The van der Waals surface area contributed by atoms with Crippen LogP contribution < -0.4 is 9.47 Å². The molecule has 3 aromatic rings. The van der Waals surface area contributed by atoms with Crippen LogP contribution in [0.4, 0.5) is 4.39 Å². The van der Waals surface area contributed by atoms with Gasteiger partial charge in [-0.1, -0.05) is 32.0 Å². The van der Waals surface area contributed by atoms with E-state index in [1.807, 2.05) is 51.1 Å². The maximum absolute atomic E-state index is 14.1. The van der Waals surface area contributed by atoms with Crippen LogP contribution in [0.3, 0.4) is 0 Å². The van der Waals surface area contributed by atoms with Crippen molar-refractivity contribution in [2.75, 3.05) is 20.2 Å². The highest BCUT2D eigenvalue weighted by Crippen LogP contribution is 2.34. The predicted molar refractivity (Wildman–Crippen MR) is 124 cm³/mol. The summed E-state index contributed by atoms with van der Waals surface area (Å²) in [5.74, 6) is 0.675. The Bertz CT molecular complexity index is 1100. The van der Waals surface area contributed by atoms with Crippen LogP contribution in [0.25, 0.3) is 10.9 Å². The van der Waals surface area contributed by atoms with Gasteiger partial charge in [-0.05, 0) is 37.5 Å². The number of benzene rings is 2. The molecule has 0 unspecified atom stereocenters. The summed E-state index contributed by atoms with van der Waals surface area (Å²) in [6.07, 6.45) is 1.78. The molecule has 1 aliphatic heterocycles. The fourth-order valence-corrected chi connectivity index (χ4v) is 3.98. The number of fused-ring (bicyclic) bond motifs is 1. The summed E-state index contributed by atoms with van der Waals surface area (Å²) in [5, 5.41) is 9.92. The van der Waals surface area contributed by atoms with Crippen molar-refractivity contribution in [3.8, 4) is 17.6 Å². The van der Waals surface area contributed by atoms with Crippen LogP contribution in [0.5, 0.6) is 11.5 Å². The van der Waals surface area contributed by atoms with Crippen molar-refractivity contribution in [2.24, 2.45) is 0 Å². The van der Waals surface area contributed by atoms with Gasteiger partial charge in [-0.15, -0.1) is 0 Å². The molecule has 2 heterocycles. The van der Waals surface area contributed by atoms with Crippen LogP contribution in [0.1, 0.15) is 43.5 Å². The molecule has 1 saturated heterocycles. The number of methoxy groups -OCH3 is 1. The minimum atomic E-state index is -0.374. The zero-order valence-electron chi connectivity index (χ0n) is 19.2. The van der Waals surface area contributed by atoms with Crippen molar-refractivity contribution >= 4 is 10.9 Å². The second-order valence-electron chi connectivity index (χ2n) is 7.63. The maximum Gasteiger partial charge on any atom is 0.148 e. The molecule has 168 valence electrons. The van der Waals surface area contributed by atoms with Crippen LogP contribution >= 0.6 is 0 Å². The zero-order valence-corrected chi connectivity index (χ0v) is 19.2. The number of rotatable bonds is 5. The third-order valence-electron chi connectivity index (χ3n) is 5.51. The summed E-state index contributed by atoms with van der Waals surface area (Å²) in [4.78, 5) is 6.85. The molecular formula is C26H30FN3O2. The van der Waals surface area contributed by atoms with E-state index in [-0.39, 0.29) is 11.9 Å². The number of nitrogens with zero attached hydrogens (tertiary/aromatic N) is 3. The Hall–Kier alpha value is -3.17. The monoisotopic (exact) mass is 435 g/mol. The van der Waals surface area contributed by atoms with Gasteiger partial charge in [-0.2, -0.15) is 5.26 Å². The maximum atomic E-state index is 14.1. The summed E-state index contributed by atoms with van der Waals surface area (Å²) in [7, 11) is 1.51. The first-order valence-corrected chi connectivity index (χ1v) is 11.1. The molecule has 2 aromatic carbocycles. The molecular weight excluding hydrogens is 405 g/mol. The number of hydrogen-bond donors (Lipinski definition) is 0. The van der Waals surface area contributed by atoms with Gasteiger partial charge in [-0.3, -0.25) is 4.90 Å². The lowest BCUT2D eigenvalue weighted by Crippen LogP contribution is -2.38. The van der Waals surface area contributed by atoms with Gasteiger partial charge in [0.15, 0.2) is 0 Å². The lowest BCUT2D eigenvalue weighted by molar-refractivity contribution is 0.0978. The molecule has 1 aliphatic rings. The van der Waals surface area contributed by atoms with Crippen LogP contribution in [-0.2, 0) is 6.54 Å². The zero-order chi connectivity index (χ0) is 23.1. The molecule has 0 atom stereocenters. The fourth-order valence-electron chi connectivity index (χ4n) is 3.98. The highest BCUT2D eigenvalue weighted by Gasteiger charge is 2.23. The highest BCUT2D eigenvalue weighted by atomic mass is 19.1. The molecule has 0 bridgehead atoms. The predicted octanol–water partition coefficient (Wildman–Crippen LogP) is 5.63. The van der Waals surface area contributed by atoms with Crippen molar-refractivity contribution in [3.63, 3.8) is 0 Å². The first kappa shape index (κ1) is 23.5. The number of piperidine rings is 1. The van der Waals surface area contributed by atoms with E-state index >= 15 is 0 Å². The van der Waals surface area contributed by atoms with Gasteiger partial charge in [0.1, 0.15) is 28.9 Å². The van der Waals surface area contributed by atoms with Crippen LogP contribution in [-0.4, -0.2) is 36.2 Å². The molecule has 0 radical (unpaired) electrons. The normalized spacial score (nSPS) is 14.4. The van der Waals surface area contributed by atoms with Crippen molar-refractivity contribution in [1.82, 2.24) is 9.88 Å². The number of halogens is 1. The molecule has 5 nitrogen and oxygen atoms in total. The molecule has 0 aliphatic carbocycles. The average molecular weight is 436 g/mol. The SMILES string of the molecule is CC.COc1cc(F)cc2c(OC3CCN(Cc4ccccc4C#N)CC3)cc(C)nc12. The van der Waals surface area contributed by atoms with Gasteiger partial charge < -0.3 is 9.47 Å². The van der Waals surface area contributed by atoms with E-state index in [9.17, 15) is 9.65 Å². The standard InChI is InChI=1S/C24H24FN3O2.C2H6/c1-16-11-22(21-12-19(25)13-23(29-2)24(21)27-16)30-20-7-9-28(10-8-20)15-18-6-4-3-5-17(18)14-26;1-2/h3-6,11-13,20H,7-10,15H2,1-2H3;1-2H3. The Labute approximate surface area is 189 Å². The van der Waals surface area contributed by atoms with Gasteiger partial charge in [0.05, 0.1) is 18.7 Å². The third-order valence-corrected chi connectivity index (χ3v) is 5.51. The third kappa shape index (κ3) is 5.35. The molecule has 0 saturated carbocycles. The van der Waals surface area contributed by atoms with Crippen molar-refractivity contribution in [2.45, 2.75) is 46.3 Å². The van der Waals surface area contributed by atoms with Gasteiger partial charge >= 0.3 is 0 Å². The number of likely N-dealkylation sites (tertiary alicyclic amines) is 1. The Morgan fingerprint density at radius 1 is 1.12 bits per heavy atom. The highest BCUT2D eigenvalue weighted by molar-refractivity contribution is 5.90. The van der Waals surface area contributed by atoms with E-state index in [0.717, 1.165) is 49.3 Å². The Balaban J connectivity index is 0.00000141. The molecule has 0 spiro atoms. The van der Waals surface area contributed by atoms with Gasteiger partial charge in [0.25, 0.3) is 0 Å². The quantitative estimate of drug-likeness (QED) is 0.520. The van der Waals surface area contributed by atoms with E-state index in [1.54, 1.807) is 0 Å².